The van der Waals surface area contributed by atoms with Crippen molar-refractivity contribution in [1.29, 1.82) is 0 Å². The number of amides is 1. The molecular weight excluding hydrogens is 336 g/mol. The van der Waals surface area contributed by atoms with Crippen LogP contribution in [-0.4, -0.2) is 41.6 Å². The lowest BCUT2D eigenvalue weighted by molar-refractivity contribution is -0.119. The fourth-order valence-corrected chi connectivity index (χ4v) is 4.09. The Labute approximate surface area is 162 Å². The molecule has 2 aromatic rings. The summed E-state index contributed by atoms with van der Waals surface area (Å²) in [4.78, 5) is 17.1. The highest BCUT2D eigenvalue weighted by Crippen LogP contribution is 2.28. The molecule has 2 atom stereocenters. The molecule has 4 nitrogen and oxygen atoms in total. The molecule has 0 radical (unpaired) electrons. The van der Waals surface area contributed by atoms with Crippen LogP contribution in [0.3, 0.4) is 0 Å². The van der Waals surface area contributed by atoms with E-state index in [2.05, 4.69) is 11.8 Å². The normalized spacial score (nSPS) is 20.4. The molecule has 1 aliphatic rings. The molecule has 1 fully saturated rings. The van der Waals surface area contributed by atoms with Crippen molar-refractivity contribution in [2.45, 2.75) is 39.2 Å². The van der Waals surface area contributed by atoms with Crippen LogP contribution in [0, 0.1) is 5.92 Å². The van der Waals surface area contributed by atoms with Gasteiger partial charge in [0.25, 0.3) is 0 Å². The Balaban J connectivity index is 1.64. The first kappa shape index (κ1) is 19.4. The van der Waals surface area contributed by atoms with E-state index in [1.54, 1.807) is 6.07 Å². The van der Waals surface area contributed by atoms with Crippen molar-refractivity contribution < 1.29 is 9.90 Å². The summed E-state index contributed by atoms with van der Waals surface area (Å²) in [6, 6.07) is 17.9. The van der Waals surface area contributed by atoms with Crippen LogP contribution in [0.4, 0.5) is 5.69 Å². The topological polar surface area (TPSA) is 43.8 Å². The van der Waals surface area contributed by atoms with E-state index < -0.39 is 0 Å². The minimum Gasteiger partial charge on any atom is -0.508 e. The van der Waals surface area contributed by atoms with Gasteiger partial charge >= 0.3 is 0 Å². The van der Waals surface area contributed by atoms with Crippen molar-refractivity contribution in [2.24, 2.45) is 5.92 Å². The van der Waals surface area contributed by atoms with Gasteiger partial charge in [-0.2, -0.15) is 0 Å². The second kappa shape index (κ2) is 9.05. The molecule has 0 aromatic heterocycles. The van der Waals surface area contributed by atoms with Gasteiger partial charge in [-0.05, 0) is 42.5 Å². The lowest BCUT2D eigenvalue weighted by atomic mass is 9.91. The molecule has 0 aliphatic carbocycles. The maximum atomic E-state index is 12.7. The van der Waals surface area contributed by atoms with Crippen molar-refractivity contribution in [3.63, 3.8) is 0 Å². The van der Waals surface area contributed by atoms with E-state index >= 15 is 0 Å². The minimum absolute atomic E-state index is 0.195. The number of nitrogens with zero attached hydrogens (tertiary/aromatic N) is 2. The number of rotatable bonds is 6. The number of phenolic OH excluding ortho intramolecular Hbond substituents is 1. The highest BCUT2D eigenvalue weighted by molar-refractivity contribution is 5.93. The molecule has 3 rings (SSSR count). The number of phenols is 1. The average molecular weight is 367 g/mol. The predicted octanol–water partition coefficient (Wildman–Crippen LogP) is 4.09. The summed E-state index contributed by atoms with van der Waals surface area (Å²) in [5.41, 5.74) is 2.00. The summed E-state index contributed by atoms with van der Waals surface area (Å²) in [5, 5.41) is 9.96. The van der Waals surface area contributed by atoms with Gasteiger partial charge in [-0.15, -0.1) is 0 Å². The van der Waals surface area contributed by atoms with Crippen molar-refractivity contribution >= 4 is 11.6 Å². The molecule has 0 bridgehead atoms. The number of hydrogen-bond acceptors (Lipinski definition) is 3. The van der Waals surface area contributed by atoms with Gasteiger partial charge in [0.15, 0.2) is 0 Å². The number of carbonyl (C=O) groups is 1. The molecule has 0 spiro atoms. The van der Waals surface area contributed by atoms with Crippen LogP contribution >= 0.6 is 0 Å². The number of likely N-dealkylation sites (tertiary alicyclic amines) is 1. The number of para-hydroxylation sites is 2. The molecule has 27 heavy (non-hydrogen) atoms. The molecule has 1 saturated heterocycles. The van der Waals surface area contributed by atoms with Gasteiger partial charge in [0.1, 0.15) is 5.75 Å². The molecule has 4 heteroatoms. The maximum absolute atomic E-state index is 12.7. The third kappa shape index (κ3) is 4.69. The van der Waals surface area contributed by atoms with Crippen LogP contribution in [0.15, 0.2) is 54.6 Å². The lowest BCUT2D eigenvalue weighted by Crippen LogP contribution is -2.52. The van der Waals surface area contributed by atoms with Crippen LogP contribution in [0.2, 0.25) is 0 Å². The molecule has 144 valence electrons. The van der Waals surface area contributed by atoms with Crippen LogP contribution in [0.5, 0.6) is 5.75 Å². The van der Waals surface area contributed by atoms with Crippen LogP contribution in [0.1, 0.15) is 32.3 Å². The molecule has 1 aliphatic heterocycles. The number of hydrogen-bond donors (Lipinski definition) is 1. The van der Waals surface area contributed by atoms with Gasteiger partial charge < -0.3 is 14.9 Å². The number of carbonyl (C=O) groups excluding carboxylic acids is 1. The van der Waals surface area contributed by atoms with Crippen LogP contribution in [-0.2, 0) is 11.2 Å². The number of anilines is 1. The van der Waals surface area contributed by atoms with Crippen LogP contribution < -0.4 is 4.90 Å². The van der Waals surface area contributed by atoms with Gasteiger partial charge in [-0.3, -0.25) is 4.79 Å². The monoisotopic (exact) mass is 366 g/mol. The maximum Gasteiger partial charge on any atom is 0.226 e. The molecular formula is C23H30N2O2. The largest absolute Gasteiger partial charge is 0.508 e. The fourth-order valence-electron chi connectivity index (χ4n) is 4.09. The third-order valence-corrected chi connectivity index (χ3v) is 5.57. The summed E-state index contributed by atoms with van der Waals surface area (Å²) >= 11 is 0. The van der Waals surface area contributed by atoms with E-state index in [1.807, 2.05) is 60.4 Å². The molecule has 2 aromatic carbocycles. The Hall–Kier alpha value is -2.33. The van der Waals surface area contributed by atoms with E-state index in [9.17, 15) is 9.90 Å². The van der Waals surface area contributed by atoms with Crippen molar-refractivity contribution in [3.8, 4) is 5.75 Å². The highest BCUT2D eigenvalue weighted by atomic mass is 16.3. The first-order chi connectivity index (χ1) is 13.1. The first-order valence-corrected chi connectivity index (χ1v) is 9.96. The highest BCUT2D eigenvalue weighted by Gasteiger charge is 2.33. The Bertz CT molecular complexity index is 747. The van der Waals surface area contributed by atoms with E-state index in [1.165, 1.54) is 0 Å². The van der Waals surface area contributed by atoms with E-state index in [0.717, 1.165) is 43.7 Å². The summed E-state index contributed by atoms with van der Waals surface area (Å²) < 4.78 is 0. The Morgan fingerprint density at radius 2 is 1.85 bits per heavy atom. The summed E-state index contributed by atoms with van der Waals surface area (Å²) in [7, 11) is 0. The fraction of sp³-hybridized carbons (Fsp3) is 0.435. The summed E-state index contributed by atoms with van der Waals surface area (Å²) in [6.45, 7) is 7.06. The summed E-state index contributed by atoms with van der Waals surface area (Å²) in [5.74, 6) is 0.976. The minimum atomic E-state index is 0.195. The van der Waals surface area contributed by atoms with Gasteiger partial charge in [0, 0.05) is 37.8 Å². The van der Waals surface area contributed by atoms with Crippen molar-refractivity contribution in [2.75, 3.05) is 24.5 Å². The van der Waals surface area contributed by atoms with E-state index in [4.69, 9.17) is 0 Å². The average Bonchev–Trinajstić information content (AvgIpc) is 2.69. The van der Waals surface area contributed by atoms with Crippen molar-refractivity contribution in [1.82, 2.24) is 4.90 Å². The molecule has 1 amide bonds. The standard InChI is InChI=1S/C23H30N2O2/c1-3-23(27)25(20-10-5-4-6-11-20)21-14-16-24(17-18(21)2)15-13-19-9-7-8-12-22(19)26/h4-12,18,21,26H,3,13-17H2,1-2H3. The molecule has 1 N–H and O–H groups in total. The van der Waals surface area contributed by atoms with Crippen molar-refractivity contribution in [3.05, 3.63) is 60.2 Å². The number of aromatic hydroxyl groups is 1. The second-order valence-electron chi connectivity index (χ2n) is 7.47. The Kier molecular flexibility index (Phi) is 6.51. The molecule has 2 unspecified atom stereocenters. The summed E-state index contributed by atoms with van der Waals surface area (Å²) in [6.07, 6.45) is 2.35. The third-order valence-electron chi connectivity index (χ3n) is 5.57. The van der Waals surface area contributed by atoms with Gasteiger partial charge in [-0.1, -0.05) is 50.2 Å². The smallest absolute Gasteiger partial charge is 0.226 e. The lowest BCUT2D eigenvalue weighted by Gasteiger charge is -2.42. The zero-order valence-corrected chi connectivity index (χ0v) is 16.3. The zero-order valence-electron chi connectivity index (χ0n) is 16.3. The van der Waals surface area contributed by atoms with E-state index in [0.29, 0.717) is 18.1 Å². The van der Waals surface area contributed by atoms with Gasteiger partial charge in [0.05, 0.1) is 0 Å². The SMILES string of the molecule is CCC(=O)N(c1ccccc1)C1CCN(CCc2ccccc2O)CC1C. The second-order valence-corrected chi connectivity index (χ2v) is 7.47. The zero-order chi connectivity index (χ0) is 19.2. The quantitative estimate of drug-likeness (QED) is 0.837. The Morgan fingerprint density at radius 1 is 1.15 bits per heavy atom. The van der Waals surface area contributed by atoms with E-state index in [-0.39, 0.29) is 11.9 Å². The molecule has 1 heterocycles. The Morgan fingerprint density at radius 3 is 2.52 bits per heavy atom. The number of benzene rings is 2. The molecule has 0 saturated carbocycles. The first-order valence-electron chi connectivity index (χ1n) is 9.96. The van der Waals surface area contributed by atoms with Gasteiger partial charge in [-0.25, -0.2) is 0 Å². The van der Waals surface area contributed by atoms with Gasteiger partial charge in [0.2, 0.25) is 5.91 Å². The van der Waals surface area contributed by atoms with Crippen LogP contribution in [0.25, 0.3) is 0 Å². The number of piperidine rings is 1. The predicted molar refractivity (Wildman–Crippen MR) is 110 cm³/mol.